The van der Waals surface area contributed by atoms with E-state index in [1.807, 2.05) is 49.4 Å². The number of fused-ring (bicyclic) bond motifs is 1. The van der Waals surface area contributed by atoms with Gasteiger partial charge in [-0.15, -0.1) is 0 Å². The summed E-state index contributed by atoms with van der Waals surface area (Å²) in [6, 6.07) is 12.8. The summed E-state index contributed by atoms with van der Waals surface area (Å²) in [5, 5.41) is 2.97. The summed E-state index contributed by atoms with van der Waals surface area (Å²) in [4.78, 5) is 12.7. The lowest BCUT2D eigenvalue weighted by Crippen LogP contribution is -2.49. The van der Waals surface area contributed by atoms with E-state index in [0.717, 1.165) is 21.3 Å². The highest BCUT2D eigenvalue weighted by Crippen LogP contribution is 2.34. The molecule has 1 amide bonds. The molecular weight excluding hydrogens is 372 g/mol. The van der Waals surface area contributed by atoms with Crippen LogP contribution in [0, 0.1) is 0 Å². The minimum Gasteiger partial charge on any atom is -0.454 e. The number of amides is 1. The molecule has 1 heterocycles. The van der Waals surface area contributed by atoms with Gasteiger partial charge in [-0.2, -0.15) is 0 Å². The van der Waals surface area contributed by atoms with Crippen LogP contribution in [0.2, 0.25) is 0 Å². The van der Waals surface area contributed by atoms with Crippen molar-refractivity contribution in [3.63, 3.8) is 0 Å². The molecule has 2 aromatic rings. The van der Waals surface area contributed by atoms with Crippen molar-refractivity contribution in [2.24, 2.45) is 5.73 Å². The van der Waals surface area contributed by atoms with Crippen LogP contribution in [0.25, 0.3) is 0 Å². The first-order valence-corrected chi connectivity index (χ1v) is 8.42. The SMILES string of the molecule is CC(NC(=O)C(C)(N)c1ccc(Br)cc1)c1ccc2c(c1)OCO2. The predicted octanol–water partition coefficient (Wildman–Crippen LogP) is 3.23. The van der Waals surface area contributed by atoms with Gasteiger partial charge in [-0.25, -0.2) is 0 Å². The lowest BCUT2D eigenvalue weighted by molar-refractivity contribution is -0.126. The molecule has 2 unspecified atom stereocenters. The monoisotopic (exact) mass is 390 g/mol. The number of carbonyl (C=O) groups is 1. The van der Waals surface area contributed by atoms with Crippen molar-refractivity contribution >= 4 is 21.8 Å². The van der Waals surface area contributed by atoms with Crippen molar-refractivity contribution in [3.05, 3.63) is 58.1 Å². The summed E-state index contributed by atoms with van der Waals surface area (Å²) < 4.78 is 11.6. The second-order valence-corrected chi connectivity index (χ2v) is 6.93. The molecule has 1 aliphatic rings. The number of hydrogen-bond donors (Lipinski definition) is 2. The van der Waals surface area contributed by atoms with Gasteiger partial charge >= 0.3 is 0 Å². The number of rotatable bonds is 4. The minimum atomic E-state index is -1.12. The van der Waals surface area contributed by atoms with Crippen molar-refractivity contribution < 1.29 is 14.3 Å². The fourth-order valence-corrected chi connectivity index (χ4v) is 2.80. The molecule has 0 aliphatic carbocycles. The third-order valence-corrected chi connectivity index (χ3v) is 4.69. The Bertz CT molecular complexity index is 759. The maximum absolute atomic E-state index is 12.7. The second kappa shape index (κ2) is 6.45. The Morgan fingerprint density at radius 1 is 1.21 bits per heavy atom. The fraction of sp³-hybridized carbons (Fsp3) is 0.278. The molecule has 0 aromatic heterocycles. The standard InChI is InChI=1S/C18H19BrN2O3/c1-11(12-3-8-15-16(9-12)24-10-23-15)21-17(22)18(2,20)13-4-6-14(19)7-5-13/h3-9,11H,10,20H2,1-2H3,(H,21,22). The van der Waals surface area contributed by atoms with Crippen molar-refractivity contribution in [1.29, 1.82) is 0 Å². The smallest absolute Gasteiger partial charge is 0.244 e. The van der Waals surface area contributed by atoms with Crippen LogP contribution in [-0.4, -0.2) is 12.7 Å². The van der Waals surface area contributed by atoms with E-state index in [1.54, 1.807) is 6.92 Å². The molecule has 2 aromatic carbocycles. The molecule has 24 heavy (non-hydrogen) atoms. The number of carbonyl (C=O) groups excluding carboxylic acids is 1. The zero-order chi connectivity index (χ0) is 17.3. The van der Waals surface area contributed by atoms with Crippen LogP contribution in [0.15, 0.2) is 46.9 Å². The Morgan fingerprint density at radius 3 is 2.58 bits per heavy atom. The predicted molar refractivity (Wildman–Crippen MR) is 94.8 cm³/mol. The van der Waals surface area contributed by atoms with Gasteiger partial charge in [0.05, 0.1) is 6.04 Å². The topological polar surface area (TPSA) is 73.6 Å². The Balaban J connectivity index is 1.74. The van der Waals surface area contributed by atoms with Crippen LogP contribution >= 0.6 is 15.9 Å². The summed E-state index contributed by atoms with van der Waals surface area (Å²) >= 11 is 3.38. The molecule has 126 valence electrons. The lowest BCUT2D eigenvalue weighted by atomic mass is 9.91. The van der Waals surface area contributed by atoms with Gasteiger partial charge in [-0.3, -0.25) is 4.79 Å². The summed E-state index contributed by atoms with van der Waals surface area (Å²) in [7, 11) is 0. The van der Waals surface area contributed by atoms with E-state index < -0.39 is 5.54 Å². The highest BCUT2D eigenvalue weighted by Gasteiger charge is 2.31. The highest BCUT2D eigenvalue weighted by atomic mass is 79.9. The largest absolute Gasteiger partial charge is 0.454 e. The van der Waals surface area contributed by atoms with Crippen LogP contribution in [0.1, 0.15) is 31.0 Å². The number of nitrogens with one attached hydrogen (secondary N) is 1. The van der Waals surface area contributed by atoms with E-state index in [2.05, 4.69) is 21.2 Å². The van der Waals surface area contributed by atoms with Gasteiger partial charge in [0, 0.05) is 4.47 Å². The third kappa shape index (κ3) is 3.25. The summed E-state index contributed by atoms with van der Waals surface area (Å²) in [5.74, 6) is 1.17. The van der Waals surface area contributed by atoms with E-state index >= 15 is 0 Å². The van der Waals surface area contributed by atoms with Crippen molar-refractivity contribution in [2.75, 3.05) is 6.79 Å². The molecule has 0 radical (unpaired) electrons. The summed E-state index contributed by atoms with van der Waals surface area (Å²) in [6.45, 7) is 3.84. The number of hydrogen-bond acceptors (Lipinski definition) is 4. The zero-order valence-electron chi connectivity index (χ0n) is 13.5. The van der Waals surface area contributed by atoms with E-state index in [0.29, 0.717) is 5.75 Å². The average molecular weight is 391 g/mol. The van der Waals surface area contributed by atoms with Crippen LogP contribution < -0.4 is 20.5 Å². The van der Waals surface area contributed by atoms with Gasteiger partial charge in [0.1, 0.15) is 5.54 Å². The second-order valence-electron chi connectivity index (χ2n) is 6.02. The Hall–Kier alpha value is -2.05. The number of benzene rings is 2. The Labute approximate surface area is 149 Å². The first-order valence-electron chi connectivity index (χ1n) is 7.63. The maximum Gasteiger partial charge on any atom is 0.244 e. The quantitative estimate of drug-likeness (QED) is 0.840. The first-order chi connectivity index (χ1) is 11.4. The summed E-state index contributed by atoms with van der Waals surface area (Å²) in [6.07, 6.45) is 0. The molecule has 0 saturated carbocycles. The average Bonchev–Trinajstić information content (AvgIpc) is 3.02. The zero-order valence-corrected chi connectivity index (χ0v) is 15.1. The molecule has 3 rings (SSSR count). The van der Waals surface area contributed by atoms with Crippen LogP contribution in [0.4, 0.5) is 0 Å². The molecule has 2 atom stereocenters. The van der Waals surface area contributed by atoms with Gasteiger partial charge in [0.25, 0.3) is 0 Å². The molecule has 0 bridgehead atoms. The molecule has 0 fully saturated rings. The molecular formula is C18H19BrN2O3. The number of halogens is 1. The minimum absolute atomic E-state index is 0.203. The molecule has 3 N–H and O–H groups in total. The molecule has 6 heteroatoms. The van der Waals surface area contributed by atoms with E-state index in [1.165, 1.54) is 0 Å². The Kier molecular flexibility index (Phi) is 4.51. The first kappa shape index (κ1) is 16.8. The highest BCUT2D eigenvalue weighted by molar-refractivity contribution is 9.10. The maximum atomic E-state index is 12.7. The molecule has 0 spiro atoms. The van der Waals surface area contributed by atoms with Gasteiger partial charge in [-0.1, -0.05) is 34.1 Å². The van der Waals surface area contributed by atoms with Crippen molar-refractivity contribution in [2.45, 2.75) is 25.4 Å². The van der Waals surface area contributed by atoms with Crippen molar-refractivity contribution in [3.8, 4) is 11.5 Å². The fourth-order valence-electron chi connectivity index (χ4n) is 2.54. The van der Waals surface area contributed by atoms with Gasteiger partial charge < -0.3 is 20.5 Å². The van der Waals surface area contributed by atoms with Crippen LogP contribution in [-0.2, 0) is 10.3 Å². The van der Waals surface area contributed by atoms with Gasteiger partial charge in [0.15, 0.2) is 11.5 Å². The van der Waals surface area contributed by atoms with Crippen LogP contribution in [0.3, 0.4) is 0 Å². The van der Waals surface area contributed by atoms with Crippen LogP contribution in [0.5, 0.6) is 11.5 Å². The number of nitrogens with two attached hydrogens (primary N) is 1. The number of ether oxygens (including phenoxy) is 2. The van der Waals surface area contributed by atoms with E-state index in [4.69, 9.17) is 15.2 Å². The molecule has 1 aliphatic heterocycles. The van der Waals surface area contributed by atoms with Crippen molar-refractivity contribution in [1.82, 2.24) is 5.32 Å². The van der Waals surface area contributed by atoms with Gasteiger partial charge in [0.2, 0.25) is 12.7 Å². The Morgan fingerprint density at radius 2 is 1.88 bits per heavy atom. The normalized spacial score (nSPS) is 16.3. The molecule has 0 saturated heterocycles. The summed E-state index contributed by atoms with van der Waals surface area (Å²) in [5.41, 5.74) is 6.84. The molecule has 5 nitrogen and oxygen atoms in total. The third-order valence-electron chi connectivity index (χ3n) is 4.16. The van der Waals surface area contributed by atoms with Gasteiger partial charge in [-0.05, 0) is 49.2 Å². The lowest BCUT2D eigenvalue weighted by Gasteiger charge is -2.26. The van der Waals surface area contributed by atoms with E-state index in [-0.39, 0.29) is 18.7 Å². The van der Waals surface area contributed by atoms with E-state index in [9.17, 15) is 4.79 Å².